The molecule has 0 aliphatic heterocycles. The van der Waals surface area contributed by atoms with Gasteiger partial charge in [0, 0.05) is 27.2 Å². The molecular weight excluding hydrogens is 274 g/mol. The third kappa shape index (κ3) is 15.0. The van der Waals surface area contributed by atoms with Crippen molar-refractivity contribution in [1.29, 1.82) is 0 Å². The molecule has 0 heterocycles. The molecule has 0 spiro atoms. The van der Waals surface area contributed by atoms with Crippen molar-refractivity contribution in [3.05, 3.63) is 0 Å². The summed E-state index contributed by atoms with van der Waals surface area (Å²) in [6.07, 6.45) is 0. The largest absolute Gasteiger partial charge is 1.00 e. The molecule has 0 aliphatic carbocycles. The van der Waals surface area contributed by atoms with Crippen LogP contribution in [0.15, 0.2) is 0 Å². The summed E-state index contributed by atoms with van der Waals surface area (Å²) in [5.41, 5.74) is 0. The fraction of sp³-hybridized carbons (Fsp3) is 1.00. The maximum Gasteiger partial charge on any atom is 1.00 e. The molecule has 0 aromatic carbocycles. The Balaban J connectivity index is -0.000000100. The van der Waals surface area contributed by atoms with Crippen LogP contribution in [0.4, 0.5) is 0 Å². The van der Waals surface area contributed by atoms with Crippen LogP contribution in [0, 0.1) is 0 Å². The van der Waals surface area contributed by atoms with Gasteiger partial charge < -0.3 is 9.11 Å². The summed E-state index contributed by atoms with van der Waals surface area (Å²) >= 11 is 0. The van der Waals surface area contributed by atoms with Crippen molar-refractivity contribution in [2.45, 2.75) is 13.8 Å². The second-order valence-electron chi connectivity index (χ2n) is 2.78. The van der Waals surface area contributed by atoms with Crippen molar-refractivity contribution in [1.82, 2.24) is 8.61 Å². The maximum atomic E-state index is 10.2. The van der Waals surface area contributed by atoms with Crippen LogP contribution in [0.1, 0.15) is 13.8 Å². The molecule has 8 nitrogen and oxygen atoms in total. The fourth-order valence-corrected chi connectivity index (χ4v) is 1.17. The van der Waals surface area contributed by atoms with Gasteiger partial charge in [-0.3, -0.25) is 0 Å². The number of nitrogens with zero attached hydrogens (tertiary/aromatic N) is 2. The van der Waals surface area contributed by atoms with E-state index in [0.717, 1.165) is 4.31 Å². The second-order valence-corrected chi connectivity index (χ2v) is 5.74. The first-order chi connectivity index (χ1) is 6.96. The molecule has 0 saturated carbocycles. The normalized spacial score (nSPS) is 11.1. The molecule has 0 aromatic rings. The van der Waals surface area contributed by atoms with Crippen LogP contribution >= 0.6 is 0 Å². The van der Waals surface area contributed by atoms with Crippen LogP contribution in [0.25, 0.3) is 0 Å². The van der Waals surface area contributed by atoms with Crippen molar-refractivity contribution in [2.24, 2.45) is 0 Å². The first-order valence-electron chi connectivity index (χ1n) is 4.31. The summed E-state index contributed by atoms with van der Waals surface area (Å²) in [6.45, 7) is 3.75. The van der Waals surface area contributed by atoms with Crippen LogP contribution in [-0.2, 0) is 20.6 Å². The van der Waals surface area contributed by atoms with E-state index in [1.807, 2.05) is 0 Å². The predicted octanol–water partition coefficient (Wildman–Crippen LogP) is -7.20. The van der Waals surface area contributed by atoms with Crippen LogP contribution in [0.2, 0.25) is 0 Å². The Morgan fingerprint density at radius 3 is 1.06 bits per heavy atom. The predicted molar refractivity (Wildman–Crippen MR) is 56.0 cm³/mol. The van der Waals surface area contributed by atoms with Crippen LogP contribution in [0.5, 0.6) is 0 Å². The van der Waals surface area contributed by atoms with Gasteiger partial charge in [-0.05, 0) is 0 Å². The molecule has 0 aliphatic rings. The van der Waals surface area contributed by atoms with E-state index in [-0.39, 0.29) is 50.8 Å². The Morgan fingerprint density at radius 1 is 0.833 bits per heavy atom. The minimum Gasteiger partial charge on any atom is -0.735 e. The summed E-state index contributed by atoms with van der Waals surface area (Å²) in [4.78, 5) is 0. The van der Waals surface area contributed by atoms with Crippen molar-refractivity contribution in [3.8, 4) is 0 Å². The van der Waals surface area contributed by atoms with E-state index in [0.29, 0.717) is 4.31 Å². The van der Waals surface area contributed by atoms with E-state index < -0.39 is 20.6 Å². The number of hydrogen-bond donors (Lipinski definition) is 0. The zero-order valence-electron chi connectivity index (χ0n) is 11.6. The first kappa shape index (κ1) is 27.3. The minimum absolute atomic E-state index is 0. The van der Waals surface area contributed by atoms with Crippen molar-refractivity contribution in [3.63, 3.8) is 0 Å². The van der Waals surface area contributed by atoms with Gasteiger partial charge in [-0.1, -0.05) is 13.8 Å². The molecule has 100 valence electrons. The standard InChI is InChI=1S/C4H11NO3S.C2H7NO3S.2Li/c1-3-5(4-2)9(6,7)8;1-3(2)7(4,5)6;;/h3-4H2,1-2H3,(H,6,7,8);1-2H3,(H,4,5,6);;/q;;2*+1/p-2. The van der Waals surface area contributed by atoms with Gasteiger partial charge in [0.1, 0.15) is 0 Å². The van der Waals surface area contributed by atoms with E-state index in [4.69, 9.17) is 0 Å². The Morgan fingerprint density at radius 2 is 1.06 bits per heavy atom. The van der Waals surface area contributed by atoms with Crippen molar-refractivity contribution in [2.75, 3.05) is 27.2 Å². The van der Waals surface area contributed by atoms with Gasteiger partial charge in [-0.2, -0.15) is 0 Å². The summed E-state index contributed by atoms with van der Waals surface area (Å²) in [5.74, 6) is 0. The summed E-state index contributed by atoms with van der Waals surface area (Å²) in [6, 6.07) is 0. The van der Waals surface area contributed by atoms with Crippen molar-refractivity contribution >= 4 is 20.6 Å². The number of rotatable bonds is 4. The molecular formula is C6H16Li2N2O6S2. The van der Waals surface area contributed by atoms with Crippen LogP contribution < -0.4 is 37.7 Å². The molecule has 0 atom stereocenters. The molecule has 0 amide bonds. The van der Waals surface area contributed by atoms with E-state index in [1.165, 1.54) is 14.1 Å². The van der Waals surface area contributed by atoms with Gasteiger partial charge in [0.25, 0.3) is 0 Å². The monoisotopic (exact) mass is 290 g/mol. The Kier molecular flexibility index (Phi) is 17.8. The quantitative estimate of drug-likeness (QED) is 0.374. The molecule has 0 radical (unpaired) electrons. The fourth-order valence-electron chi connectivity index (χ4n) is 0.540. The summed E-state index contributed by atoms with van der Waals surface area (Å²) < 4.78 is 61.1. The summed E-state index contributed by atoms with van der Waals surface area (Å²) in [7, 11) is -5.97. The average Bonchev–Trinajstić information content (AvgIpc) is 2.02. The molecule has 0 bridgehead atoms. The third-order valence-corrected chi connectivity index (χ3v) is 3.51. The first-order valence-corrected chi connectivity index (χ1v) is 7.04. The molecule has 12 heteroatoms. The van der Waals surface area contributed by atoms with Gasteiger partial charge in [0.05, 0.1) is 0 Å². The van der Waals surface area contributed by atoms with E-state index >= 15 is 0 Å². The van der Waals surface area contributed by atoms with Gasteiger partial charge >= 0.3 is 37.7 Å². The minimum atomic E-state index is -4.18. The van der Waals surface area contributed by atoms with Crippen LogP contribution in [-0.4, -0.2) is 61.7 Å². The molecule has 0 rings (SSSR count). The zero-order valence-corrected chi connectivity index (χ0v) is 13.2. The Labute approximate surface area is 133 Å². The second kappa shape index (κ2) is 11.7. The third-order valence-electron chi connectivity index (χ3n) is 1.47. The Hall–Kier alpha value is 0.935. The van der Waals surface area contributed by atoms with E-state index in [1.54, 1.807) is 13.8 Å². The molecule has 0 fully saturated rings. The van der Waals surface area contributed by atoms with E-state index in [2.05, 4.69) is 0 Å². The van der Waals surface area contributed by atoms with E-state index in [9.17, 15) is 25.9 Å². The molecule has 0 saturated heterocycles. The number of hydrogen-bond acceptors (Lipinski definition) is 6. The molecule has 0 N–H and O–H groups in total. The van der Waals surface area contributed by atoms with Gasteiger partial charge in [-0.25, -0.2) is 25.4 Å². The Bertz CT molecular complexity index is 379. The average molecular weight is 290 g/mol. The maximum absolute atomic E-state index is 10.2. The topological polar surface area (TPSA) is 121 Å². The SMILES string of the molecule is CCN(CC)S(=O)(=O)[O-].CN(C)S(=O)(=O)[O-].[Li+].[Li+]. The van der Waals surface area contributed by atoms with Gasteiger partial charge in [0.2, 0.25) is 0 Å². The smallest absolute Gasteiger partial charge is 0.735 e. The molecule has 0 aromatic heterocycles. The van der Waals surface area contributed by atoms with Gasteiger partial charge in [-0.15, -0.1) is 0 Å². The van der Waals surface area contributed by atoms with Crippen LogP contribution in [0.3, 0.4) is 0 Å². The van der Waals surface area contributed by atoms with Crippen molar-refractivity contribution < 1.29 is 63.7 Å². The molecule has 18 heavy (non-hydrogen) atoms. The zero-order chi connectivity index (χ0) is 13.6. The molecule has 0 unspecified atom stereocenters. The van der Waals surface area contributed by atoms with Gasteiger partial charge in [0.15, 0.2) is 20.6 Å². The summed E-state index contributed by atoms with van der Waals surface area (Å²) in [5, 5.41) is 0.